The van der Waals surface area contributed by atoms with Gasteiger partial charge in [-0.1, -0.05) is 42.0 Å². The first-order chi connectivity index (χ1) is 12.3. The van der Waals surface area contributed by atoms with E-state index in [2.05, 4.69) is 0 Å². The number of benzene rings is 2. The zero-order valence-electron chi connectivity index (χ0n) is 15.9. The molecule has 0 aliphatic rings. The van der Waals surface area contributed by atoms with E-state index in [1.54, 1.807) is 31.1 Å². The smallest absolute Gasteiger partial charge is 0.253 e. The topological polar surface area (TPSA) is 66.6 Å². The zero-order valence-corrected chi connectivity index (χ0v) is 15.9. The van der Waals surface area contributed by atoms with Gasteiger partial charge in [0.05, 0.1) is 0 Å². The van der Waals surface area contributed by atoms with Gasteiger partial charge in [-0.05, 0) is 37.1 Å². The van der Waals surface area contributed by atoms with Crippen LogP contribution in [-0.2, 0) is 11.3 Å². The van der Waals surface area contributed by atoms with Crippen molar-refractivity contribution < 1.29 is 9.59 Å². The molecule has 0 saturated heterocycles. The molecule has 138 valence electrons. The number of carbonyl (C=O) groups is 2. The number of nitrogens with zero attached hydrogens (tertiary/aromatic N) is 2. The summed E-state index contributed by atoms with van der Waals surface area (Å²) in [6.45, 7) is 4.96. The van der Waals surface area contributed by atoms with Gasteiger partial charge in [-0.3, -0.25) is 9.59 Å². The molecule has 0 radical (unpaired) electrons. The van der Waals surface area contributed by atoms with Crippen molar-refractivity contribution in [1.29, 1.82) is 0 Å². The number of likely N-dealkylation sites (N-methyl/N-ethyl adjacent to an activating group) is 1. The minimum absolute atomic E-state index is 0.0404. The lowest BCUT2D eigenvalue weighted by atomic mass is 10.0. The van der Waals surface area contributed by atoms with Gasteiger partial charge in [0, 0.05) is 32.7 Å². The summed E-state index contributed by atoms with van der Waals surface area (Å²) >= 11 is 0. The highest BCUT2D eigenvalue weighted by Gasteiger charge is 2.21. The highest BCUT2D eigenvalue weighted by Crippen LogP contribution is 2.16. The fourth-order valence-electron chi connectivity index (χ4n) is 2.69. The summed E-state index contributed by atoms with van der Waals surface area (Å²) in [4.78, 5) is 28.0. The Morgan fingerprint density at radius 3 is 2.08 bits per heavy atom. The molecule has 2 aromatic carbocycles. The van der Waals surface area contributed by atoms with Gasteiger partial charge in [0.25, 0.3) is 5.91 Å². The van der Waals surface area contributed by atoms with E-state index in [4.69, 9.17) is 5.73 Å². The lowest BCUT2D eigenvalue weighted by molar-refractivity contribution is -0.133. The molecular formula is C21H27N3O2. The first-order valence-corrected chi connectivity index (χ1v) is 8.75. The number of hydrogen-bond donors (Lipinski definition) is 1. The van der Waals surface area contributed by atoms with Gasteiger partial charge in [0.2, 0.25) is 5.91 Å². The van der Waals surface area contributed by atoms with Crippen molar-refractivity contribution in [3.05, 3.63) is 70.8 Å². The predicted molar refractivity (Wildman–Crippen MR) is 104 cm³/mol. The molecule has 5 nitrogen and oxygen atoms in total. The number of amides is 2. The van der Waals surface area contributed by atoms with E-state index in [9.17, 15) is 9.59 Å². The molecule has 0 fully saturated rings. The standard InChI is InChI=1S/C21H27N3O2/c1-5-24(21(26)19(22)17-10-6-15(2)7-11-17)14-16-8-12-18(13-9-16)20(25)23(3)4/h6-13,19H,5,14,22H2,1-4H3. The number of carbonyl (C=O) groups excluding carboxylic acids is 2. The van der Waals surface area contributed by atoms with Crippen molar-refractivity contribution >= 4 is 11.8 Å². The molecule has 2 N–H and O–H groups in total. The van der Waals surface area contributed by atoms with Crippen molar-refractivity contribution in [3.63, 3.8) is 0 Å². The third-order valence-electron chi connectivity index (χ3n) is 4.38. The van der Waals surface area contributed by atoms with Gasteiger partial charge in [0.1, 0.15) is 6.04 Å². The molecule has 2 amide bonds. The quantitative estimate of drug-likeness (QED) is 0.868. The van der Waals surface area contributed by atoms with Gasteiger partial charge in [-0.15, -0.1) is 0 Å². The molecule has 0 spiro atoms. The largest absolute Gasteiger partial charge is 0.345 e. The van der Waals surface area contributed by atoms with Gasteiger partial charge < -0.3 is 15.5 Å². The van der Waals surface area contributed by atoms with Crippen molar-refractivity contribution in [3.8, 4) is 0 Å². The van der Waals surface area contributed by atoms with Crippen LogP contribution in [0.4, 0.5) is 0 Å². The summed E-state index contributed by atoms with van der Waals surface area (Å²) in [5.41, 5.74) is 9.71. The van der Waals surface area contributed by atoms with Crippen LogP contribution in [0.3, 0.4) is 0 Å². The fourth-order valence-corrected chi connectivity index (χ4v) is 2.69. The maximum absolute atomic E-state index is 12.8. The third kappa shape index (κ3) is 4.70. The number of hydrogen-bond acceptors (Lipinski definition) is 3. The third-order valence-corrected chi connectivity index (χ3v) is 4.38. The van der Waals surface area contributed by atoms with Gasteiger partial charge in [-0.2, -0.15) is 0 Å². The maximum Gasteiger partial charge on any atom is 0.253 e. The molecule has 0 aliphatic carbocycles. The first kappa shape index (κ1) is 19.7. The lowest BCUT2D eigenvalue weighted by Crippen LogP contribution is -2.38. The average molecular weight is 353 g/mol. The van der Waals surface area contributed by atoms with Gasteiger partial charge in [0.15, 0.2) is 0 Å². The van der Waals surface area contributed by atoms with Crippen LogP contribution < -0.4 is 5.73 Å². The second-order valence-corrected chi connectivity index (χ2v) is 6.64. The second kappa shape index (κ2) is 8.63. The Hall–Kier alpha value is -2.66. The molecule has 2 aromatic rings. The molecule has 2 rings (SSSR count). The van der Waals surface area contributed by atoms with Gasteiger partial charge in [-0.25, -0.2) is 0 Å². The molecule has 26 heavy (non-hydrogen) atoms. The van der Waals surface area contributed by atoms with Crippen molar-refractivity contribution in [2.24, 2.45) is 5.73 Å². The van der Waals surface area contributed by atoms with Crippen molar-refractivity contribution in [2.75, 3.05) is 20.6 Å². The van der Waals surface area contributed by atoms with Crippen LogP contribution in [0.25, 0.3) is 0 Å². The molecule has 1 unspecified atom stereocenters. The maximum atomic E-state index is 12.8. The van der Waals surface area contributed by atoms with E-state index >= 15 is 0 Å². The van der Waals surface area contributed by atoms with Crippen LogP contribution in [-0.4, -0.2) is 42.3 Å². The summed E-state index contributed by atoms with van der Waals surface area (Å²) < 4.78 is 0. The summed E-state index contributed by atoms with van der Waals surface area (Å²) in [5.74, 6) is -0.147. The van der Waals surface area contributed by atoms with E-state index in [0.29, 0.717) is 18.7 Å². The Balaban J connectivity index is 2.09. The van der Waals surface area contributed by atoms with Crippen LogP contribution in [0.15, 0.2) is 48.5 Å². The van der Waals surface area contributed by atoms with Crippen molar-refractivity contribution in [2.45, 2.75) is 26.4 Å². The Bertz CT molecular complexity index is 752. The van der Waals surface area contributed by atoms with E-state index in [1.807, 2.05) is 50.2 Å². The van der Waals surface area contributed by atoms with E-state index < -0.39 is 6.04 Å². The molecule has 0 aliphatic heterocycles. The normalized spacial score (nSPS) is 11.7. The molecule has 0 bridgehead atoms. The van der Waals surface area contributed by atoms with E-state index in [-0.39, 0.29) is 11.8 Å². The lowest BCUT2D eigenvalue weighted by Gasteiger charge is -2.25. The molecule has 0 saturated carbocycles. The zero-order chi connectivity index (χ0) is 19.3. The van der Waals surface area contributed by atoms with Crippen LogP contribution in [0.2, 0.25) is 0 Å². The monoisotopic (exact) mass is 353 g/mol. The van der Waals surface area contributed by atoms with Crippen LogP contribution in [0, 0.1) is 6.92 Å². The van der Waals surface area contributed by atoms with Crippen LogP contribution in [0.1, 0.15) is 40.0 Å². The Labute approximate surface area is 155 Å². The Morgan fingerprint density at radius 1 is 1.00 bits per heavy atom. The van der Waals surface area contributed by atoms with Crippen molar-refractivity contribution in [1.82, 2.24) is 9.80 Å². The highest BCUT2D eigenvalue weighted by molar-refractivity contribution is 5.93. The molecule has 0 heterocycles. The Kier molecular flexibility index (Phi) is 6.52. The molecule has 0 aromatic heterocycles. The minimum atomic E-state index is -0.676. The SMILES string of the molecule is CCN(Cc1ccc(C(=O)N(C)C)cc1)C(=O)C(N)c1ccc(C)cc1. The number of nitrogens with two attached hydrogens (primary N) is 1. The fraction of sp³-hybridized carbons (Fsp3) is 0.333. The molecular weight excluding hydrogens is 326 g/mol. The molecule has 5 heteroatoms. The van der Waals surface area contributed by atoms with Gasteiger partial charge >= 0.3 is 0 Å². The van der Waals surface area contributed by atoms with Crippen LogP contribution >= 0.6 is 0 Å². The van der Waals surface area contributed by atoms with E-state index in [1.165, 1.54) is 4.90 Å². The Morgan fingerprint density at radius 2 is 1.58 bits per heavy atom. The first-order valence-electron chi connectivity index (χ1n) is 8.75. The summed E-state index contributed by atoms with van der Waals surface area (Å²) in [5, 5.41) is 0. The average Bonchev–Trinajstić information content (AvgIpc) is 2.65. The number of aryl methyl sites for hydroxylation is 1. The second-order valence-electron chi connectivity index (χ2n) is 6.64. The van der Waals surface area contributed by atoms with Crippen LogP contribution in [0.5, 0.6) is 0 Å². The predicted octanol–water partition coefficient (Wildman–Crippen LogP) is 2.75. The van der Waals surface area contributed by atoms with E-state index in [0.717, 1.165) is 16.7 Å². The number of rotatable bonds is 6. The summed E-state index contributed by atoms with van der Waals surface area (Å²) in [6, 6.07) is 14.4. The highest BCUT2D eigenvalue weighted by atomic mass is 16.2. The summed E-state index contributed by atoms with van der Waals surface area (Å²) in [6.07, 6.45) is 0. The minimum Gasteiger partial charge on any atom is -0.345 e. The molecule has 1 atom stereocenters. The summed E-state index contributed by atoms with van der Waals surface area (Å²) in [7, 11) is 3.44.